The SMILES string of the molecule is CC(C)[C@]12C(=O)CC[C@@H]1[C@@H]2C(=O)O. The molecule has 0 radical (unpaired) electrons. The minimum absolute atomic E-state index is 0.137. The van der Waals surface area contributed by atoms with Crippen LogP contribution in [-0.4, -0.2) is 16.9 Å². The molecule has 2 rings (SSSR count). The number of hydrogen-bond donors (Lipinski definition) is 1. The Kier molecular flexibility index (Phi) is 1.57. The van der Waals surface area contributed by atoms with Crippen LogP contribution in [0.15, 0.2) is 0 Å². The van der Waals surface area contributed by atoms with Gasteiger partial charge < -0.3 is 5.11 Å². The van der Waals surface area contributed by atoms with E-state index in [0.29, 0.717) is 6.42 Å². The van der Waals surface area contributed by atoms with E-state index in [1.54, 1.807) is 0 Å². The van der Waals surface area contributed by atoms with Crippen LogP contribution in [0.1, 0.15) is 26.7 Å². The molecule has 0 heterocycles. The third kappa shape index (κ3) is 0.798. The first-order valence-electron chi connectivity index (χ1n) is 4.79. The van der Waals surface area contributed by atoms with Crippen LogP contribution in [0.4, 0.5) is 0 Å². The fourth-order valence-electron chi connectivity index (χ4n) is 3.26. The van der Waals surface area contributed by atoms with Crippen molar-refractivity contribution in [2.45, 2.75) is 26.7 Å². The highest BCUT2D eigenvalue weighted by Gasteiger charge is 2.75. The summed E-state index contributed by atoms with van der Waals surface area (Å²) in [7, 11) is 0. The summed E-state index contributed by atoms with van der Waals surface area (Å²) < 4.78 is 0. The van der Waals surface area contributed by atoms with E-state index in [-0.39, 0.29) is 23.5 Å². The van der Waals surface area contributed by atoms with Crippen molar-refractivity contribution in [3.05, 3.63) is 0 Å². The van der Waals surface area contributed by atoms with Gasteiger partial charge in [-0.15, -0.1) is 0 Å². The highest BCUT2D eigenvalue weighted by molar-refractivity contribution is 5.98. The van der Waals surface area contributed by atoms with Crippen molar-refractivity contribution < 1.29 is 14.7 Å². The van der Waals surface area contributed by atoms with E-state index in [1.165, 1.54) is 0 Å². The molecule has 0 amide bonds. The van der Waals surface area contributed by atoms with E-state index in [0.717, 1.165) is 6.42 Å². The molecule has 2 aliphatic carbocycles. The Hall–Kier alpha value is -0.860. The lowest BCUT2D eigenvalue weighted by molar-refractivity contribution is -0.142. The molecule has 13 heavy (non-hydrogen) atoms. The van der Waals surface area contributed by atoms with E-state index in [4.69, 9.17) is 5.11 Å². The molecular formula is C10H14O3. The van der Waals surface area contributed by atoms with Crippen molar-refractivity contribution in [3.8, 4) is 0 Å². The topological polar surface area (TPSA) is 54.4 Å². The molecule has 2 fully saturated rings. The van der Waals surface area contributed by atoms with Gasteiger partial charge >= 0.3 is 5.97 Å². The number of ketones is 1. The molecule has 0 aromatic carbocycles. The fraction of sp³-hybridized carbons (Fsp3) is 0.800. The monoisotopic (exact) mass is 182 g/mol. The van der Waals surface area contributed by atoms with Crippen molar-refractivity contribution in [2.75, 3.05) is 0 Å². The van der Waals surface area contributed by atoms with Crippen molar-refractivity contribution in [1.82, 2.24) is 0 Å². The Morgan fingerprint density at radius 1 is 1.62 bits per heavy atom. The van der Waals surface area contributed by atoms with E-state index in [2.05, 4.69) is 0 Å². The molecule has 0 aliphatic heterocycles. The maximum absolute atomic E-state index is 11.6. The maximum atomic E-state index is 11.6. The largest absolute Gasteiger partial charge is 0.481 e. The molecule has 1 N–H and O–H groups in total. The molecule has 0 spiro atoms. The van der Waals surface area contributed by atoms with Crippen LogP contribution in [0.5, 0.6) is 0 Å². The summed E-state index contributed by atoms with van der Waals surface area (Å²) in [6.07, 6.45) is 1.38. The van der Waals surface area contributed by atoms with Crippen molar-refractivity contribution in [2.24, 2.45) is 23.2 Å². The van der Waals surface area contributed by atoms with Gasteiger partial charge in [-0.1, -0.05) is 13.8 Å². The number of carboxylic acid groups (broad SMARTS) is 1. The standard InChI is InChI=1S/C10H14O3/c1-5(2)10-6(3-4-7(10)11)8(10)9(12)13/h5-6,8H,3-4H2,1-2H3,(H,12,13)/t6-,8-,10-/m1/s1. The number of Topliss-reactive ketones (excluding diaryl/α,β-unsaturated/α-hetero) is 1. The van der Waals surface area contributed by atoms with Crippen LogP contribution in [0.2, 0.25) is 0 Å². The van der Waals surface area contributed by atoms with Crippen LogP contribution in [0, 0.1) is 23.2 Å². The minimum atomic E-state index is -0.785. The summed E-state index contributed by atoms with van der Waals surface area (Å²) in [4.78, 5) is 22.5. The highest BCUT2D eigenvalue weighted by Crippen LogP contribution is 2.70. The summed E-state index contributed by atoms with van der Waals surface area (Å²) in [5.74, 6) is -0.675. The Balaban J connectivity index is 2.33. The fourth-order valence-corrected chi connectivity index (χ4v) is 3.26. The second-order valence-corrected chi connectivity index (χ2v) is 4.47. The zero-order valence-corrected chi connectivity index (χ0v) is 7.91. The van der Waals surface area contributed by atoms with Crippen molar-refractivity contribution >= 4 is 11.8 Å². The maximum Gasteiger partial charge on any atom is 0.307 e. The molecule has 0 bridgehead atoms. The van der Waals surface area contributed by atoms with Crippen molar-refractivity contribution in [1.29, 1.82) is 0 Å². The number of carbonyl (C=O) groups is 2. The first-order chi connectivity index (χ1) is 6.02. The van der Waals surface area contributed by atoms with Gasteiger partial charge in [-0.05, 0) is 18.3 Å². The minimum Gasteiger partial charge on any atom is -0.481 e. The quantitative estimate of drug-likeness (QED) is 0.700. The smallest absolute Gasteiger partial charge is 0.307 e. The number of carbonyl (C=O) groups excluding carboxylic acids is 1. The average molecular weight is 182 g/mol. The van der Waals surface area contributed by atoms with Crippen LogP contribution in [-0.2, 0) is 9.59 Å². The van der Waals surface area contributed by atoms with Gasteiger partial charge in [0.2, 0.25) is 0 Å². The number of rotatable bonds is 2. The van der Waals surface area contributed by atoms with E-state index >= 15 is 0 Å². The van der Waals surface area contributed by atoms with Gasteiger partial charge in [0.05, 0.1) is 5.92 Å². The van der Waals surface area contributed by atoms with Crippen LogP contribution in [0.25, 0.3) is 0 Å². The third-order valence-corrected chi connectivity index (χ3v) is 3.81. The Labute approximate surface area is 77.1 Å². The van der Waals surface area contributed by atoms with Crippen molar-refractivity contribution in [3.63, 3.8) is 0 Å². The molecule has 2 aliphatic rings. The van der Waals surface area contributed by atoms with Gasteiger partial charge in [0, 0.05) is 11.8 Å². The molecule has 2 saturated carbocycles. The summed E-state index contributed by atoms with van der Waals surface area (Å²) >= 11 is 0. The first-order valence-corrected chi connectivity index (χ1v) is 4.79. The molecule has 0 saturated heterocycles. The second kappa shape index (κ2) is 2.34. The first kappa shape index (κ1) is 8.73. The molecule has 72 valence electrons. The molecular weight excluding hydrogens is 168 g/mol. The molecule has 0 aromatic rings. The Bertz CT molecular complexity index is 282. The number of aliphatic carboxylic acids is 1. The van der Waals surface area contributed by atoms with Crippen LogP contribution < -0.4 is 0 Å². The number of carboxylic acids is 1. The predicted octanol–water partition coefficient (Wildman–Crippen LogP) is 1.32. The lowest BCUT2D eigenvalue weighted by atomic mass is 9.86. The van der Waals surface area contributed by atoms with E-state index in [9.17, 15) is 9.59 Å². The Morgan fingerprint density at radius 2 is 2.23 bits per heavy atom. The Morgan fingerprint density at radius 3 is 2.54 bits per heavy atom. The summed E-state index contributed by atoms with van der Waals surface area (Å²) in [6, 6.07) is 0. The lowest BCUT2D eigenvalue weighted by Crippen LogP contribution is -2.24. The summed E-state index contributed by atoms with van der Waals surface area (Å²) in [6.45, 7) is 3.92. The summed E-state index contributed by atoms with van der Waals surface area (Å²) in [5, 5.41) is 8.94. The van der Waals surface area contributed by atoms with E-state index < -0.39 is 11.4 Å². The van der Waals surface area contributed by atoms with Gasteiger partial charge in [-0.2, -0.15) is 0 Å². The predicted molar refractivity (Wildman–Crippen MR) is 46.1 cm³/mol. The second-order valence-electron chi connectivity index (χ2n) is 4.47. The average Bonchev–Trinajstić information content (AvgIpc) is 2.60. The van der Waals surface area contributed by atoms with Gasteiger partial charge in [0.25, 0.3) is 0 Å². The zero-order valence-electron chi connectivity index (χ0n) is 7.91. The molecule has 3 nitrogen and oxygen atoms in total. The highest BCUT2D eigenvalue weighted by atomic mass is 16.4. The van der Waals surface area contributed by atoms with Gasteiger partial charge in [-0.3, -0.25) is 9.59 Å². The normalized spacial score (nSPS) is 42.2. The zero-order chi connectivity index (χ0) is 9.80. The van der Waals surface area contributed by atoms with Gasteiger partial charge in [0.1, 0.15) is 5.78 Å². The summed E-state index contributed by atoms with van der Waals surface area (Å²) in [5.41, 5.74) is -0.480. The van der Waals surface area contributed by atoms with Gasteiger partial charge in [-0.25, -0.2) is 0 Å². The van der Waals surface area contributed by atoms with Crippen LogP contribution in [0.3, 0.4) is 0 Å². The van der Waals surface area contributed by atoms with Crippen LogP contribution >= 0.6 is 0 Å². The number of hydrogen-bond acceptors (Lipinski definition) is 2. The number of fused-ring (bicyclic) bond motifs is 1. The lowest BCUT2D eigenvalue weighted by Gasteiger charge is -2.16. The van der Waals surface area contributed by atoms with E-state index in [1.807, 2.05) is 13.8 Å². The molecule has 0 unspecified atom stereocenters. The molecule has 0 aromatic heterocycles. The molecule has 3 atom stereocenters. The van der Waals surface area contributed by atoms with Gasteiger partial charge in [0.15, 0.2) is 0 Å². The molecule has 3 heteroatoms. The third-order valence-electron chi connectivity index (χ3n) is 3.81.